The maximum atomic E-state index is 11.9. The minimum Gasteiger partial charge on any atom is -0.496 e. The van der Waals surface area contributed by atoms with Crippen LogP contribution < -0.4 is 10.1 Å². The molecule has 1 aliphatic heterocycles. The molecule has 1 aromatic carbocycles. The highest BCUT2D eigenvalue weighted by molar-refractivity contribution is 5.91. The topological polar surface area (TPSA) is 94.1 Å². The third kappa shape index (κ3) is 3.93. The maximum Gasteiger partial charge on any atom is 0.339 e. The van der Waals surface area contributed by atoms with Gasteiger partial charge in [0.2, 0.25) is 0 Å². The first-order chi connectivity index (χ1) is 10.1. The van der Waals surface area contributed by atoms with Gasteiger partial charge in [0.05, 0.1) is 26.9 Å². The summed E-state index contributed by atoms with van der Waals surface area (Å²) in [6.45, 7) is 1.33. The molecule has 0 radical (unpaired) electrons. The average molecular weight is 295 g/mol. The molecule has 7 heteroatoms. The van der Waals surface area contributed by atoms with Crippen LogP contribution in [0.5, 0.6) is 5.75 Å². The summed E-state index contributed by atoms with van der Waals surface area (Å²) in [6, 6.07) is 4.73. The Balaban J connectivity index is 1.98. The summed E-state index contributed by atoms with van der Waals surface area (Å²) < 4.78 is 15.4. The first kappa shape index (κ1) is 15.3. The van der Waals surface area contributed by atoms with Gasteiger partial charge >= 0.3 is 5.97 Å². The molecule has 1 fully saturated rings. The SMILES string of the molecule is COc1ccc(CNC(=O)[C@@H]2COCCO2)cc1C(=O)O. The summed E-state index contributed by atoms with van der Waals surface area (Å²) in [5.74, 6) is -1.08. The second kappa shape index (κ2) is 7.05. The van der Waals surface area contributed by atoms with Crippen LogP contribution in [-0.4, -0.2) is 50.0 Å². The highest BCUT2D eigenvalue weighted by Gasteiger charge is 2.22. The van der Waals surface area contributed by atoms with Crippen LogP contribution in [0, 0.1) is 0 Å². The predicted octanol–water partition coefficient (Wildman–Crippen LogP) is 0.425. The summed E-state index contributed by atoms with van der Waals surface area (Å²) in [6.07, 6.45) is -0.615. The standard InChI is InChI=1S/C14H17NO6/c1-19-11-3-2-9(6-10(11)14(17)18)7-15-13(16)12-8-20-4-5-21-12/h2-3,6,12H,4-5,7-8H2,1H3,(H,15,16)(H,17,18)/t12-/m0/s1. The van der Waals surface area contributed by atoms with Crippen molar-refractivity contribution in [3.63, 3.8) is 0 Å². The van der Waals surface area contributed by atoms with Crippen LogP contribution in [0.3, 0.4) is 0 Å². The number of nitrogens with one attached hydrogen (secondary N) is 1. The molecule has 1 heterocycles. The van der Waals surface area contributed by atoms with Gasteiger partial charge in [-0.25, -0.2) is 4.79 Å². The van der Waals surface area contributed by atoms with Crippen molar-refractivity contribution in [1.29, 1.82) is 0 Å². The van der Waals surface area contributed by atoms with Crippen molar-refractivity contribution in [3.8, 4) is 5.75 Å². The lowest BCUT2D eigenvalue weighted by Gasteiger charge is -2.22. The van der Waals surface area contributed by atoms with E-state index < -0.39 is 12.1 Å². The second-order valence-electron chi connectivity index (χ2n) is 4.49. The Bertz CT molecular complexity index is 524. The molecule has 2 rings (SSSR count). The summed E-state index contributed by atoms with van der Waals surface area (Å²) >= 11 is 0. The van der Waals surface area contributed by atoms with Gasteiger partial charge in [-0.1, -0.05) is 6.07 Å². The van der Waals surface area contributed by atoms with E-state index in [1.54, 1.807) is 12.1 Å². The third-order valence-electron chi connectivity index (χ3n) is 3.07. The number of carboxylic acid groups (broad SMARTS) is 1. The molecule has 1 aliphatic rings. The lowest BCUT2D eigenvalue weighted by molar-refractivity contribution is -0.147. The quantitative estimate of drug-likeness (QED) is 0.818. The molecular formula is C14H17NO6. The van der Waals surface area contributed by atoms with E-state index in [1.165, 1.54) is 13.2 Å². The zero-order valence-electron chi connectivity index (χ0n) is 11.6. The molecule has 7 nitrogen and oxygen atoms in total. The number of carboxylic acids is 1. The number of aromatic carboxylic acids is 1. The molecule has 0 bridgehead atoms. The van der Waals surface area contributed by atoms with Gasteiger partial charge in [0.1, 0.15) is 11.3 Å². The molecular weight excluding hydrogens is 278 g/mol. The Kier molecular flexibility index (Phi) is 5.13. The third-order valence-corrected chi connectivity index (χ3v) is 3.07. The van der Waals surface area contributed by atoms with Gasteiger partial charge < -0.3 is 24.6 Å². The van der Waals surface area contributed by atoms with Crippen LogP contribution in [0.4, 0.5) is 0 Å². The minimum atomic E-state index is -1.08. The fourth-order valence-electron chi connectivity index (χ4n) is 1.97. The van der Waals surface area contributed by atoms with Crippen LogP contribution in [-0.2, 0) is 20.8 Å². The van der Waals surface area contributed by atoms with E-state index in [4.69, 9.17) is 19.3 Å². The van der Waals surface area contributed by atoms with Crippen LogP contribution >= 0.6 is 0 Å². The molecule has 21 heavy (non-hydrogen) atoms. The lowest BCUT2D eigenvalue weighted by atomic mass is 10.1. The number of carbonyl (C=O) groups is 2. The molecule has 0 spiro atoms. The lowest BCUT2D eigenvalue weighted by Crippen LogP contribution is -2.42. The zero-order valence-corrected chi connectivity index (χ0v) is 11.6. The van der Waals surface area contributed by atoms with Crippen molar-refractivity contribution in [3.05, 3.63) is 29.3 Å². The minimum absolute atomic E-state index is 0.0569. The van der Waals surface area contributed by atoms with Crippen molar-refractivity contribution in [1.82, 2.24) is 5.32 Å². The molecule has 114 valence electrons. The van der Waals surface area contributed by atoms with Gasteiger partial charge in [-0.15, -0.1) is 0 Å². The fraction of sp³-hybridized carbons (Fsp3) is 0.429. The Labute approximate surface area is 121 Å². The molecule has 1 aromatic rings. The van der Waals surface area contributed by atoms with E-state index in [0.29, 0.717) is 18.8 Å². The summed E-state index contributed by atoms with van der Waals surface area (Å²) in [5.41, 5.74) is 0.722. The van der Waals surface area contributed by atoms with Gasteiger partial charge in [-0.3, -0.25) is 4.79 Å². The summed E-state index contributed by atoms with van der Waals surface area (Å²) in [5, 5.41) is 11.8. The van der Waals surface area contributed by atoms with Crippen LogP contribution in [0.2, 0.25) is 0 Å². The van der Waals surface area contributed by atoms with Crippen LogP contribution in [0.25, 0.3) is 0 Å². The summed E-state index contributed by atoms with van der Waals surface area (Å²) in [4.78, 5) is 23.0. The molecule has 0 aromatic heterocycles. The molecule has 0 unspecified atom stereocenters. The number of methoxy groups -OCH3 is 1. The van der Waals surface area contributed by atoms with E-state index in [-0.39, 0.29) is 30.4 Å². The molecule has 1 atom stereocenters. The van der Waals surface area contributed by atoms with E-state index in [9.17, 15) is 9.59 Å². The van der Waals surface area contributed by atoms with E-state index >= 15 is 0 Å². The number of carbonyl (C=O) groups excluding carboxylic acids is 1. The Hall–Kier alpha value is -2.12. The summed E-state index contributed by atoms with van der Waals surface area (Å²) in [7, 11) is 1.41. The average Bonchev–Trinajstić information content (AvgIpc) is 2.53. The van der Waals surface area contributed by atoms with Gasteiger partial charge in [0, 0.05) is 6.54 Å². The Morgan fingerprint density at radius 2 is 2.24 bits per heavy atom. The number of ether oxygens (including phenoxy) is 3. The van der Waals surface area contributed by atoms with Gasteiger partial charge in [-0.05, 0) is 17.7 Å². The van der Waals surface area contributed by atoms with E-state index in [1.807, 2.05) is 0 Å². The second-order valence-corrected chi connectivity index (χ2v) is 4.49. The predicted molar refractivity (Wildman–Crippen MR) is 72.4 cm³/mol. The van der Waals surface area contributed by atoms with Crippen molar-refractivity contribution >= 4 is 11.9 Å². The maximum absolute atomic E-state index is 11.9. The van der Waals surface area contributed by atoms with Crippen molar-refractivity contribution in [2.45, 2.75) is 12.6 Å². The zero-order chi connectivity index (χ0) is 15.2. The molecule has 0 saturated carbocycles. The number of rotatable bonds is 5. The van der Waals surface area contributed by atoms with Gasteiger partial charge in [-0.2, -0.15) is 0 Å². The normalized spacial score (nSPS) is 18.0. The van der Waals surface area contributed by atoms with Crippen LogP contribution in [0.15, 0.2) is 18.2 Å². The van der Waals surface area contributed by atoms with Crippen molar-refractivity contribution < 1.29 is 28.9 Å². The largest absolute Gasteiger partial charge is 0.496 e. The Morgan fingerprint density at radius 3 is 2.86 bits per heavy atom. The van der Waals surface area contributed by atoms with Crippen molar-refractivity contribution in [2.75, 3.05) is 26.9 Å². The van der Waals surface area contributed by atoms with Gasteiger partial charge in [0.25, 0.3) is 5.91 Å². The first-order valence-corrected chi connectivity index (χ1v) is 6.49. The molecule has 1 saturated heterocycles. The number of amides is 1. The first-order valence-electron chi connectivity index (χ1n) is 6.49. The highest BCUT2D eigenvalue weighted by atomic mass is 16.6. The molecule has 0 aliphatic carbocycles. The Morgan fingerprint density at radius 1 is 1.43 bits per heavy atom. The van der Waals surface area contributed by atoms with E-state index in [0.717, 1.165) is 0 Å². The highest BCUT2D eigenvalue weighted by Crippen LogP contribution is 2.19. The monoisotopic (exact) mass is 295 g/mol. The van der Waals surface area contributed by atoms with Crippen LogP contribution in [0.1, 0.15) is 15.9 Å². The fourth-order valence-corrected chi connectivity index (χ4v) is 1.97. The number of hydrogen-bond acceptors (Lipinski definition) is 5. The number of hydrogen-bond donors (Lipinski definition) is 2. The molecule has 2 N–H and O–H groups in total. The smallest absolute Gasteiger partial charge is 0.339 e. The van der Waals surface area contributed by atoms with Gasteiger partial charge in [0.15, 0.2) is 6.10 Å². The van der Waals surface area contributed by atoms with Crippen molar-refractivity contribution in [2.24, 2.45) is 0 Å². The number of benzene rings is 1. The molecule has 1 amide bonds. The van der Waals surface area contributed by atoms with E-state index in [2.05, 4.69) is 5.32 Å².